The van der Waals surface area contributed by atoms with Gasteiger partial charge in [0.1, 0.15) is 0 Å². The van der Waals surface area contributed by atoms with Gasteiger partial charge in [-0.05, 0) is 13.8 Å². The van der Waals surface area contributed by atoms with Gasteiger partial charge in [0.25, 0.3) is 5.22 Å². The Morgan fingerprint density at radius 1 is 1.47 bits per heavy atom. The molecule has 0 saturated heterocycles. The Morgan fingerprint density at radius 2 is 2.35 bits per heavy atom. The molecule has 0 amide bonds. The number of rotatable bonds is 4. The SMILES string of the molecule is CC#CCSc1nnc(Cc2csc(C)n2)o1. The van der Waals surface area contributed by atoms with E-state index in [9.17, 15) is 0 Å². The van der Waals surface area contributed by atoms with Gasteiger partial charge in [-0.2, -0.15) is 0 Å². The lowest BCUT2D eigenvalue weighted by Crippen LogP contribution is -1.88. The molecular weight excluding hydrogens is 254 g/mol. The van der Waals surface area contributed by atoms with Crippen molar-refractivity contribution in [3.63, 3.8) is 0 Å². The minimum atomic E-state index is 0.565. The van der Waals surface area contributed by atoms with Gasteiger partial charge in [0, 0.05) is 5.38 Å². The molecule has 0 unspecified atom stereocenters. The molecule has 4 nitrogen and oxygen atoms in total. The highest BCUT2D eigenvalue weighted by Crippen LogP contribution is 2.17. The minimum absolute atomic E-state index is 0.565. The summed E-state index contributed by atoms with van der Waals surface area (Å²) in [6, 6.07) is 0. The van der Waals surface area contributed by atoms with Crippen LogP contribution >= 0.6 is 23.1 Å². The summed E-state index contributed by atoms with van der Waals surface area (Å²) in [5.74, 6) is 7.03. The number of hydrogen-bond donors (Lipinski definition) is 0. The predicted octanol–water partition coefficient (Wildman–Crippen LogP) is 2.54. The molecule has 88 valence electrons. The number of thiazole rings is 1. The molecule has 0 spiro atoms. The van der Waals surface area contributed by atoms with E-state index in [1.807, 2.05) is 19.2 Å². The van der Waals surface area contributed by atoms with E-state index in [0.717, 1.165) is 10.7 Å². The first-order chi connectivity index (χ1) is 8.28. The molecule has 2 aromatic rings. The Labute approximate surface area is 108 Å². The molecule has 0 aliphatic carbocycles. The molecule has 0 fully saturated rings. The standard InChI is InChI=1S/C11H11N3OS2/c1-3-4-5-16-11-14-13-10(15-11)6-9-7-17-8(2)12-9/h7H,5-6H2,1-2H3. The number of aryl methyl sites for hydroxylation is 1. The van der Waals surface area contributed by atoms with Crippen molar-refractivity contribution in [3.8, 4) is 11.8 Å². The highest BCUT2D eigenvalue weighted by atomic mass is 32.2. The van der Waals surface area contributed by atoms with E-state index in [1.54, 1.807) is 11.3 Å². The van der Waals surface area contributed by atoms with Crippen molar-refractivity contribution in [2.75, 3.05) is 5.75 Å². The molecular formula is C11H11N3OS2. The molecule has 0 atom stereocenters. The van der Waals surface area contributed by atoms with Gasteiger partial charge in [-0.3, -0.25) is 0 Å². The molecule has 0 bridgehead atoms. The van der Waals surface area contributed by atoms with Crippen LogP contribution in [0.3, 0.4) is 0 Å². The fraction of sp³-hybridized carbons (Fsp3) is 0.364. The van der Waals surface area contributed by atoms with E-state index in [1.165, 1.54) is 11.8 Å². The zero-order chi connectivity index (χ0) is 12.1. The third kappa shape index (κ3) is 3.58. The van der Waals surface area contributed by atoms with Gasteiger partial charge < -0.3 is 4.42 Å². The van der Waals surface area contributed by atoms with Crippen LogP contribution in [0.2, 0.25) is 0 Å². The molecule has 0 aliphatic rings. The first kappa shape index (κ1) is 12.1. The van der Waals surface area contributed by atoms with Crippen LogP contribution in [0.25, 0.3) is 0 Å². The van der Waals surface area contributed by atoms with E-state index in [4.69, 9.17) is 4.42 Å². The first-order valence-electron chi connectivity index (χ1n) is 5.03. The van der Waals surface area contributed by atoms with Crippen LogP contribution in [0, 0.1) is 18.8 Å². The highest BCUT2D eigenvalue weighted by Gasteiger charge is 2.08. The van der Waals surface area contributed by atoms with Gasteiger partial charge in [-0.25, -0.2) is 4.98 Å². The number of hydrogen-bond acceptors (Lipinski definition) is 6. The number of thioether (sulfide) groups is 1. The van der Waals surface area contributed by atoms with Crippen molar-refractivity contribution in [3.05, 3.63) is 22.0 Å². The van der Waals surface area contributed by atoms with E-state index < -0.39 is 0 Å². The second-order valence-corrected chi connectivity index (χ2v) is 5.20. The maximum atomic E-state index is 5.48. The van der Waals surface area contributed by atoms with Crippen molar-refractivity contribution in [2.45, 2.75) is 25.5 Å². The molecule has 6 heteroatoms. The van der Waals surface area contributed by atoms with Crippen LogP contribution in [0.5, 0.6) is 0 Å². The third-order valence-corrected chi connectivity index (χ3v) is 3.41. The lowest BCUT2D eigenvalue weighted by Gasteiger charge is -1.89. The van der Waals surface area contributed by atoms with Crippen molar-refractivity contribution in [1.82, 2.24) is 15.2 Å². The second kappa shape index (κ2) is 5.84. The summed E-state index contributed by atoms with van der Waals surface area (Å²) in [5, 5.41) is 11.5. The first-order valence-corrected chi connectivity index (χ1v) is 6.90. The molecule has 17 heavy (non-hydrogen) atoms. The van der Waals surface area contributed by atoms with E-state index in [-0.39, 0.29) is 0 Å². The Balaban J connectivity index is 1.95. The quantitative estimate of drug-likeness (QED) is 0.628. The van der Waals surface area contributed by atoms with Gasteiger partial charge in [0.05, 0.1) is 22.9 Å². The van der Waals surface area contributed by atoms with Crippen molar-refractivity contribution in [1.29, 1.82) is 0 Å². The summed E-state index contributed by atoms with van der Waals surface area (Å²) in [5.41, 5.74) is 0.973. The largest absolute Gasteiger partial charge is 0.416 e. The molecule has 0 N–H and O–H groups in total. The van der Waals surface area contributed by atoms with Crippen LogP contribution in [-0.4, -0.2) is 20.9 Å². The van der Waals surface area contributed by atoms with Gasteiger partial charge in [0.2, 0.25) is 5.89 Å². The molecule has 0 saturated carbocycles. The Morgan fingerprint density at radius 3 is 3.06 bits per heavy atom. The van der Waals surface area contributed by atoms with E-state index in [0.29, 0.717) is 23.3 Å². The van der Waals surface area contributed by atoms with Crippen LogP contribution in [0.15, 0.2) is 15.0 Å². The van der Waals surface area contributed by atoms with Crippen LogP contribution < -0.4 is 0 Å². The summed E-state index contributed by atoms with van der Waals surface area (Å²) in [6.07, 6.45) is 0.595. The predicted molar refractivity (Wildman–Crippen MR) is 68.1 cm³/mol. The molecule has 2 heterocycles. The molecule has 2 rings (SSSR count). The summed E-state index contributed by atoms with van der Waals surface area (Å²) < 4.78 is 5.48. The van der Waals surface area contributed by atoms with Crippen molar-refractivity contribution < 1.29 is 4.42 Å². The number of nitrogens with zero attached hydrogens (tertiary/aromatic N) is 3. The zero-order valence-corrected chi connectivity index (χ0v) is 11.2. The summed E-state index contributed by atoms with van der Waals surface area (Å²) in [4.78, 5) is 4.35. The topological polar surface area (TPSA) is 51.8 Å². The maximum Gasteiger partial charge on any atom is 0.277 e. The Kier molecular flexibility index (Phi) is 4.18. The smallest absolute Gasteiger partial charge is 0.277 e. The molecule has 0 radical (unpaired) electrons. The fourth-order valence-corrected chi connectivity index (χ4v) is 2.39. The van der Waals surface area contributed by atoms with Gasteiger partial charge in [-0.15, -0.1) is 27.5 Å². The summed E-state index contributed by atoms with van der Waals surface area (Å²) in [7, 11) is 0. The molecule has 0 aromatic carbocycles. The maximum absolute atomic E-state index is 5.48. The van der Waals surface area contributed by atoms with Gasteiger partial charge in [0.15, 0.2) is 0 Å². The van der Waals surface area contributed by atoms with E-state index in [2.05, 4.69) is 27.0 Å². The molecule has 2 aromatic heterocycles. The normalized spacial score (nSPS) is 10.0. The minimum Gasteiger partial charge on any atom is -0.416 e. The lowest BCUT2D eigenvalue weighted by atomic mass is 10.3. The van der Waals surface area contributed by atoms with Crippen LogP contribution in [0.1, 0.15) is 23.5 Å². The average molecular weight is 265 g/mol. The Bertz CT molecular complexity index is 550. The monoisotopic (exact) mass is 265 g/mol. The zero-order valence-electron chi connectivity index (χ0n) is 9.56. The fourth-order valence-electron chi connectivity index (χ4n) is 1.18. The van der Waals surface area contributed by atoms with Gasteiger partial charge in [-0.1, -0.05) is 17.7 Å². The summed E-state index contributed by atoms with van der Waals surface area (Å²) in [6.45, 7) is 3.79. The van der Waals surface area contributed by atoms with Crippen molar-refractivity contribution >= 4 is 23.1 Å². The lowest BCUT2D eigenvalue weighted by molar-refractivity contribution is 0.420. The number of aromatic nitrogens is 3. The molecule has 0 aliphatic heterocycles. The van der Waals surface area contributed by atoms with Crippen LogP contribution in [0.4, 0.5) is 0 Å². The highest BCUT2D eigenvalue weighted by molar-refractivity contribution is 7.99. The second-order valence-electron chi connectivity index (χ2n) is 3.21. The average Bonchev–Trinajstić information content (AvgIpc) is 2.90. The Hall–Kier alpha value is -1.32. The van der Waals surface area contributed by atoms with Crippen molar-refractivity contribution in [2.24, 2.45) is 0 Å². The van der Waals surface area contributed by atoms with E-state index >= 15 is 0 Å². The van der Waals surface area contributed by atoms with Crippen LogP contribution in [-0.2, 0) is 6.42 Å². The summed E-state index contributed by atoms with van der Waals surface area (Å²) >= 11 is 3.07. The van der Waals surface area contributed by atoms with Gasteiger partial charge >= 0.3 is 0 Å². The third-order valence-electron chi connectivity index (χ3n) is 1.89.